The van der Waals surface area contributed by atoms with Crippen molar-refractivity contribution in [3.05, 3.63) is 23.8 Å². The van der Waals surface area contributed by atoms with Crippen LogP contribution < -0.4 is 9.47 Å². The van der Waals surface area contributed by atoms with Crippen molar-refractivity contribution in [1.29, 1.82) is 0 Å². The van der Waals surface area contributed by atoms with E-state index in [4.69, 9.17) is 14.2 Å². The molecule has 0 aromatic heterocycles. The minimum absolute atomic E-state index is 0.125. The number of nitrogens with zero attached hydrogens (tertiary/aromatic N) is 1. The number of benzene rings is 1. The third kappa shape index (κ3) is 4.36. The van der Waals surface area contributed by atoms with E-state index >= 15 is 0 Å². The molecule has 5 nitrogen and oxygen atoms in total. The van der Waals surface area contributed by atoms with Crippen LogP contribution in [0.1, 0.15) is 18.9 Å². The minimum Gasteiger partial charge on any atom is -0.497 e. The second-order valence-corrected chi connectivity index (χ2v) is 5.24. The van der Waals surface area contributed by atoms with Crippen LogP contribution in [0.15, 0.2) is 18.2 Å². The SMILES string of the molecule is COc1cc(CCC(=O)N2CCOC(C)C2)cc(OC)c1. The summed E-state index contributed by atoms with van der Waals surface area (Å²) in [6.45, 7) is 3.98. The Labute approximate surface area is 125 Å². The second kappa shape index (κ2) is 7.31. The lowest BCUT2D eigenvalue weighted by Gasteiger charge is -2.31. The Morgan fingerprint density at radius 1 is 1.29 bits per heavy atom. The van der Waals surface area contributed by atoms with Gasteiger partial charge in [0.15, 0.2) is 0 Å². The fourth-order valence-corrected chi connectivity index (χ4v) is 2.47. The van der Waals surface area contributed by atoms with Crippen molar-refractivity contribution in [2.75, 3.05) is 33.9 Å². The zero-order chi connectivity index (χ0) is 15.2. The van der Waals surface area contributed by atoms with Crippen LogP contribution in [0.4, 0.5) is 0 Å². The number of rotatable bonds is 5. The Morgan fingerprint density at radius 2 is 1.95 bits per heavy atom. The van der Waals surface area contributed by atoms with Gasteiger partial charge in [0.05, 0.1) is 26.9 Å². The number of carbonyl (C=O) groups is 1. The molecule has 1 amide bonds. The summed E-state index contributed by atoms with van der Waals surface area (Å²) in [5, 5.41) is 0. The summed E-state index contributed by atoms with van der Waals surface area (Å²) in [6.07, 6.45) is 1.29. The molecule has 1 fully saturated rings. The monoisotopic (exact) mass is 293 g/mol. The third-order valence-electron chi connectivity index (χ3n) is 3.63. The van der Waals surface area contributed by atoms with Gasteiger partial charge in [-0.25, -0.2) is 0 Å². The number of hydrogen-bond donors (Lipinski definition) is 0. The van der Waals surface area contributed by atoms with E-state index in [2.05, 4.69) is 0 Å². The molecule has 0 aliphatic carbocycles. The van der Waals surface area contributed by atoms with Gasteiger partial charge in [0.2, 0.25) is 5.91 Å². The smallest absolute Gasteiger partial charge is 0.223 e. The van der Waals surface area contributed by atoms with E-state index in [-0.39, 0.29) is 12.0 Å². The van der Waals surface area contributed by atoms with E-state index in [0.29, 0.717) is 32.5 Å². The number of ether oxygens (including phenoxy) is 3. The summed E-state index contributed by atoms with van der Waals surface area (Å²) in [5.41, 5.74) is 1.04. The van der Waals surface area contributed by atoms with Crippen LogP contribution in [0.2, 0.25) is 0 Å². The first-order chi connectivity index (χ1) is 10.1. The minimum atomic E-state index is 0.125. The zero-order valence-corrected chi connectivity index (χ0v) is 12.9. The van der Waals surface area contributed by atoms with E-state index in [0.717, 1.165) is 17.1 Å². The molecule has 2 rings (SSSR count). The number of aryl methyl sites for hydroxylation is 1. The molecule has 0 N–H and O–H groups in total. The molecule has 5 heteroatoms. The molecule has 0 radical (unpaired) electrons. The van der Waals surface area contributed by atoms with Crippen LogP contribution in [0.5, 0.6) is 11.5 Å². The van der Waals surface area contributed by atoms with Crippen molar-refractivity contribution >= 4 is 5.91 Å². The molecule has 1 aromatic carbocycles. The van der Waals surface area contributed by atoms with Gasteiger partial charge in [-0.3, -0.25) is 4.79 Å². The Bertz CT molecular complexity index is 467. The maximum absolute atomic E-state index is 12.2. The fourth-order valence-electron chi connectivity index (χ4n) is 2.47. The van der Waals surface area contributed by atoms with Gasteiger partial charge in [0.25, 0.3) is 0 Å². The topological polar surface area (TPSA) is 48.0 Å². The van der Waals surface area contributed by atoms with Crippen molar-refractivity contribution in [2.24, 2.45) is 0 Å². The first-order valence-corrected chi connectivity index (χ1v) is 7.23. The highest BCUT2D eigenvalue weighted by atomic mass is 16.5. The van der Waals surface area contributed by atoms with Gasteiger partial charge in [-0.2, -0.15) is 0 Å². The maximum atomic E-state index is 12.2. The number of morpholine rings is 1. The highest BCUT2D eigenvalue weighted by Crippen LogP contribution is 2.23. The summed E-state index contributed by atoms with van der Waals surface area (Å²) in [7, 11) is 3.25. The molecule has 1 heterocycles. The third-order valence-corrected chi connectivity index (χ3v) is 3.63. The highest BCUT2D eigenvalue weighted by molar-refractivity contribution is 5.76. The van der Waals surface area contributed by atoms with Crippen molar-refractivity contribution in [3.8, 4) is 11.5 Å². The van der Waals surface area contributed by atoms with Gasteiger partial charge in [-0.1, -0.05) is 0 Å². The van der Waals surface area contributed by atoms with Crippen LogP contribution in [0.3, 0.4) is 0 Å². The molecular weight excluding hydrogens is 270 g/mol. The number of carbonyl (C=O) groups excluding carboxylic acids is 1. The second-order valence-electron chi connectivity index (χ2n) is 5.24. The fraction of sp³-hybridized carbons (Fsp3) is 0.562. The maximum Gasteiger partial charge on any atom is 0.223 e. The molecule has 1 atom stereocenters. The quantitative estimate of drug-likeness (QED) is 0.832. The average Bonchev–Trinajstić information content (AvgIpc) is 2.52. The van der Waals surface area contributed by atoms with Gasteiger partial charge in [-0.05, 0) is 31.0 Å². The van der Waals surface area contributed by atoms with Gasteiger partial charge in [0, 0.05) is 25.6 Å². The number of methoxy groups -OCH3 is 2. The van der Waals surface area contributed by atoms with E-state index in [1.165, 1.54) is 0 Å². The van der Waals surface area contributed by atoms with Crippen LogP contribution in [-0.2, 0) is 16.0 Å². The molecule has 1 aromatic rings. The van der Waals surface area contributed by atoms with E-state index in [1.807, 2.05) is 30.0 Å². The summed E-state index contributed by atoms with van der Waals surface area (Å²) < 4.78 is 15.9. The zero-order valence-electron chi connectivity index (χ0n) is 12.9. The van der Waals surface area contributed by atoms with E-state index in [1.54, 1.807) is 14.2 Å². The van der Waals surface area contributed by atoms with E-state index in [9.17, 15) is 4.79 Å². The number of hydrogen-bond acceptors (Lipinski definition) is 4. The average molecular weight is 293 g/mol. The lowest BCUT2D eigenvalue weighted by Crippen LogP contribution is -2.44. The Hall–Kier alpha value is -1.75. The molecule has 0 bridgehead atoms. The molecule has 1 unspecified atom stereocenters. The lowest BCUT2D eigenvalue weighted by molar-refractivity contribution is -0.138. The molecule has 1 aliphatic rings. The largest absolute Gasteiger partial charge is 0.497 e. The molecule has 21 heavy (non-hydrogen) atoms. The first-order valence-electron chi connectivity index (χ1n) is 7.23. The molecule has 0 saturated carbocycles. The van der Waals surface area contributed by atoms with E-state index < -0.39 is 0 Å². The molecule has 0 spiro atoms. The summed E-state index contributed by atoms with van der Waals surface area (Å²) in [4.78, 5) is 14.1. The van der Waals surface area contributed by atoms with Crippen molar-refractivity contribution in [1.82, 2.24) is 4.90 Å². The first kappa shape index (κ1) is 15.6. The van der Waals surface area contributed by atoms with Gasteiger partial charge < -0.3 is 19.1 Å². The molecular formula is C16H23NO4. The Balaban J connectivity index is 1.94. The predicted octanol–water partition coefficient (Wildman–Crippen LogP) is 1.88. The molecule has 1 aliphatic heterocycles. The van der Waals surface area contributed by atoms with Crippen LogP contribution >= 0.6 is 0 Å². The normalized spacial score (nSPS) is 18.4. The van der Waals surface area contributed by atoms with Gasteiger partial charge in [0.1, 0.15) is 11.5 Å². The predicted molar refractivity (Wildman–Crippen MR) is 79.9 cm³/mol. The van der Waals surface area contributed by atoms with Crippen LogP contribution in [0, 0.1) is 0 Å². The highest BCUT2D eigenvalue weighted by Gasteiger charge is 2.21. The summed E-state index contributed by atoms with van der Waals surface area (Å²) in [6, 6.07) is 5.71. The standard InChI is InChI=1S/C16H23NO4/c1-12-11-17(6-7-21-12)16(18)5-4-13-8-14(19-2)10-15(9-13)20-3/h8-10,12H,4-7,11H2,1-3H3. The lowest BCUT2D eigenvalue weighted by atomic mass is 10.1. The Kier molecular flexibility index (Phi) is 5.44. The van der Waals surface area contributed by atoms with Crippen LogP contribution in [-0.4, -0.2) is 50.8 Å². The van der Waals surface area contributed by atoms with Gasteiger partial charge >= 0.3 is 0 Å². The van der Waals surface area contributed by atoms with Gasteiger partial charge in [-0.15, -0.1) is 0 Å². The summed E-state index contributed by atoms with van der Waals surface area (Å²) >= 11 is 0. The van der Waals surface area contributed by atoms with Crippen molar-refractivity contribution in [2.45, 2.75) is 25.9 Å². The number of amides is 1. The van der Waals surface area contributed by atoms with Crippen molar-refractivity contribution in [3.63, 3.8) is 0 Å². The van der Waals surface area contributed by atoms with Crippen molar-refractivity contribution < 1.29 is 19.0 Å². The Morgan fingerprint density at radius 3 is 2.52 bits per heavy atom. The van der Waals surface area contributed by atoms with Crippen LogP contribution in [0.25, 0.3) is 0 Å². The molecule has 1 saturated heterocycles. The molecule has 116 valence electrons. The summed E-state index contributed by atoms with van der Waals surface area (Å²) in [5.74, 6) is 1.67.